The molecule has 2 aromatic carbocycles. The van der Waals surface area contributed by atoms with E-state index in [4.69, 9.17) is 4.84 Å². The van der Waals surface area contributed by atoms with Crippen LogP contribution in [0.4, 0.5) is 5.69 Å². The molecule has 0 heterocycles. The number of aromatic hydroxyl groups is 1. The Morgan fingerprint density at radius 1 is 1.21 bits per heavy atom. The van der Waals surface area contributed by atoms with Gasteiger partial charge >= 0.3 is 0 Å². The van der Waals surface area contributed by atoms with Crippen LogP contribution in [0.25, 0.3) is 0 Å². The predicted octanol–water partition coefficient (Wildman–Crippen LogP) is 5.60. The van der Waals surface area contributed by atoms with E-state index in [0.29, 0.717) is 5.92 Å². The Kier molecular flexibility index (Phi) is 6.29. The van der Waals surface area contributed by atoms with E-state index in [-0.39, 0.29) is 18.0 Å². The van der Waals surface area contributed by atoms with Gasteiger partial charge in [0.15, 0.2) is 0 Å². The SMILES string of the molecule is CC(=NOCc1ccc([N+](=O)[O-])cc1)c1cc(O)c(C)cc1C1CCCCC1. The zero-order valence-corrected chi connectivity index (χ0v) is 16.4. The lowest BCUT2D eigenvalue weighted by atomic mass is 9.80. The van der Waals surface area contributed by atoms with Crippen molar-refractivity contribution in [2.24, 2.45) is 5.16 Å². The number of benzene rings is 2. The standard InChI is InChI=1S/C22H26N2O4/c1-15-12-21(18-6-4-3-5-7-18)20(13-22(15)25)16(2)23-28-14-17-8-10-19(11-9-17)24(26)27/h8-13,18,25H,3-7,14H2,1-2H3. The molecule has 0 amide bonds. The molecule has 1 aliphatic rings. The second-order valence-corrected chi connectivity index (χ2v) is 7.43. The molecule has 6 heteroatoms. The van der Waals surface area contributed by atoms with Gasteiger partial charge in [-0.2, -0.15) is 0 Å². The number of hydrogen-bond donors (Lipinski definition) is 1. The monoisotopic (exact) mass is 382 g/mol. The number of nitro groups is 1. The van der Waals surface area contributed by atoms with Crippen LogP contribution < -0.4 is 0 Å². The summed E-state index contributed by atoms with van der Waals surface area (Å²) in [6.07, 6.45) is 6.07. The largest absolute Gasteiger partial charge is 0.508 e. The van der Waals surface area contributed by atoms with Crippen LogP contribution in [-0.2, 0) is 11.4 Å². The first kappa shape index (κ1) is 19.9. The Morgan fingerprint density at radius 3 is 2.54 bits per heavy atom. The van der Waals surface area contributed by atoms with Crippen molar-refractivity contribution < 1.29 is 14.9 Å². The van der Waals surface area contributed by atoms with Gasteiger partial charge in [-0.3, -0.25) is 10.1 Å². The van der Waals surface area contributed by atoms with Crippen molar-refractivity contribution >= 4 is 11.4 Å². The van der Waals surface area contributed by atoms with E-state index in [1.54, 1.807) is 18.2 Å². The van der Waals surface area contributed by atoms with Crippen molar-refractivity contribution in [3.8, 4) is 5.75 Å². The summed E-state index contributed by atoms with van der Waals surface area (Å²) < 4.78 is 0. The Labute approximate surface area is 165 Å². The number of aryl methyl sites for hydroxylation is 1. The van der Waals surface area contributed by atoms with Crippen molar-refractivity contribution in [3.63, 3.8) is 0 Å². The van der Waals surface area contributed by atoms with Gasteiger partial charge in [0.05, 0.1) is 10.6 Å². The number of rotatable bonds is 6. The summed E-state index contributed by atoms with van der Waals surface area (Å²) in [5.41, 5.74) is 4.62. The van der Waals surface area contributed by atoms with Crippen molar-refractivity contribution in [2.75, 3.05) is 0 Å². The highest BCUT2D eigenvalue weighted by Gasteiger charge is 2.21. The summed E-state index contributed by atoms with van der Waals surface area (Å²) in [5.74, 6) is 0.752. The Hall–Kier alpha value is -2.89. The number of phenols is 1. The molecule has 1 fully saturated rings. The highest BCUT2D eigenvalue weighted by molar-refractivity contribution is 6.00. The second kappa shape index (κ2) is 8.87. The molecule has 3 rings (SSSR count). The first-order valence-electron chi connectivity index (χ1n) is 9.69. The van der Waals surface area contributed by atoms with Crippen molar-refractivity contribution in [1.29, 1.82) is 0 Å². The summed E-state index contributed by atoms with van der Waals surface area (Å²) in [7, 11) is 0. The molecule has 0 bridgehead atoms. The molecule has 6 nitrogen and oxygen atoms in total. The quantitative estimate of drug-likeness (QED) is 0.400. The fraction of sp³-hybridized carbons (Fsp3) is 0.409. The molecule has 148 valence electrons. The Balaban J connectivity index is 1.75. The van der Waals surface area contributed by atoms with Crippen LogP contribution in [0.2, 0.25) is 0 Å². The average molecular weight is 382 g/mol. The van der Waals surface area contributed by atoms with E-state index in [1.165, 1.54) is 37.0 Å². The zero-order valence-electron chi connectivity index (χ0n) is 16.4. The van der Waals surface area contributed by atoms with Crippen LogP contribution in [0.5, 0.6) is 5.75 Å². The summed E-state index contributed by atoms with van der Waals surface area (Å²) in [6.45, 7) is 4.03. The van der Waals surface area contributed by atoms with E-state index in [0.717, 1.165) is 35.2 Å². The first-order chi connectivity index (χ1) is 13.5. The predicted molar refractivity (Wildman–Crippen MR) is 109 cm³/mol. The minimum absolute atomic E-state index is 0.0516. The molecule has 0 unspecified atom stereocenters. The molecule has 0 saturated heterocycles. The topological polar surface area (TPSA) is 85.0 Å². The van der Waals surface area contributed by atoms with E-state index >= 15 is 0 Å². The van der Waals surface area contributed by atoms with Gasteiger partial charge in [0, 0.05) is 17.7 Å². The maximum atomic E-state index is 10.7. The summed E-state index contributed by atoms with van der Waals surface area (Å²) in [4.78, 5) is 15.8. The van der Waals surface area contributed by atoms with Gasteiger partial charge in [0.25, 0.3) is 5.69 Å². The Bertz CT molecular complexity index is 869. The van der Waals surface area contributed by atoms with Gasteiger partial charge in [-0.05, 0) is 67.5 Å². The fourth-order valence-corrected chi connectivity index (χ4v) is 3.75. The molecule has 1 saturated carbocycles. The van der Waals surface area contributed by atoms with Gasteiger partial charge in [-0.1, -0.05) is 30.5 Å². The third-order valence-corrected chi connectivity index (χ3v) is 5.38. The number of nitro benzene ring substituents is 1. The van der Waals surface area contributed by atoms with Crippen LogP contribution in [0, 0.1) is 17.0 Å². The molecule has 0 aliphatic heterocycles. The molecule has 0 aromatic heterocycles. The number of oxime groups is 1. The van der Waals surface area contributed by atoms with E-state index in [9.17, 15) is 15.2 Å². The number of phenolic OH excluding ortho intramolecular Hbond substituents is 1. The molecule has 1 aliphatic carbocycles. The third-order valence-electron chi connectivity index (χ3n) is 5.38. The smallest absolute Gasteiger partial charge is 0.269 e. The average Bonchev–Trinajstić information content (AvgIpc) is 2.70. The molecule has 2 aromatic rings. The molecule has 0 spiro atoms. The number of hydrogen-bond acceptors (Lipinski definition) is 5. The van der Waals surface area contributed by atoms with Crippen molar-refractivity contribution in [3.05, 3.63) is 68.8 Å². The highest BCUT2D eigenvalue weighted by atomic mass is 16.6. The van der Waals surface area contributed by atoms with Crippen LogP contribution in [0.3, 0.4) is 0 Å². The van der Waals surface area contributed by atoms with Crippen LogP contribution in [-0.4, -0.2) is 15.7 Å². The maximum absolute atomic E-state index is 10.7. The second-order valence-electron chi connectivity index (χ2n) is 7.43. The van der Waals surface area contributed by atoms with E-state index < -0.39 is 4.92 Å². The van der Waals surface area contributed by atoms with Gasteiger partial charge in [-0.25, -0.2) is 0 Å². The molecule has 28 heavy (non-hydrogen) atoms. The van der Waals surface area contributed by atoms with Gasteiger partial charge in [0.1, 0.15) is 12.4 Å². The van der Waals surface area contributed by atoms with Crippen molar-refractivity contribution in [1.82, 2.24) is 0 Å². The lowest BCUT2D eigenvalue weighted by Crippen LogP contribution is -2.11. The minimum Gasteiger partial charge on any atom is -0.508 e. The van der Waals surface area contributed by atoms with Gasteiger partial charge < -0.3 is 9.94 Å². The maximum Gasteiger partial charge on any atom is 0.269 e. The van der Waals surface area contributed by atoms with Gasteiger partial charge in [0.2, 0.25) is 0 Å². The fourth-order valence-electron chi connectivity index (χ4n) is 3.75. The lowest BCUT2D eigenvalue weighted by Gasteiger charge is -2.25. The zero-order chi connectivity index (χ0) is 20.1. The first-order valence-corrected chi connectivity index (χ1v) is 9.69. The third kappa shape index (κ3) is 4.68. The summed E-state index contributed by atoms with van der Waals surface area (Å²) >= 11 is 0. The van der Waals surface area contributed by atoms with Crippen LogP contribution in [0.1, 0.15) is 67.2 Å². The summed E-state index contributed by atoms with van der Waals surface area (Å²) in [6, 6.07) is 10.1. The van der Waals surface area contributed by atoms with E-state index in [2.05, 4.69) is 11.2 Å². The lowest BCUT2D eigenvalue weighted by molar-refractivity contribution is -0.384. The number of nitrogens with zero attached hydrogens (tertiary/aromatic N) is 2. The van der Waals surface area contributed by atoms with E-state index in [1.807, 2.05) is 13.8 Å². The number of non-ortho nitro benzene ring substituents is 1. The molecular weight excluding hydrogens is 356 g/mol. The molecular formula is C22H26N2O4. The van der Waals surface area contributed by atoms with Crippen LogP contribution >= 0.6 is 0 Å². The minimum atomic E-state index is -0.427. The normalized spacial score (nSPS) is 15.4. The highest BCUT2D eigenvalue weighted by Crippen LogP contribution is 2.37. The molecule has 1 N–H and O–H groups in total. The molecule has 0 radical (unpaired) electrons. The van der Waals surface area contributed by atoms with Crippen LogP contribution in [0.15, 0.2) is 41.6 Å². The molecule has 0 atom stereocenters. The van der Waals surface area contributed by atoms with Crippen molar-refractivity contribution in [2.45, 2.75) is 58.5 Å². The Morgan fingerprint density at radius 2 is 1.89 bits per heavy atom. The van der Waals surface area contributed by atoms with Gasteiger partial charge in [-0.15, -0.1) is 0 Å². The summed E-state index contributed by atoms with van der Waals surface area (Å²) in [5, 5.41) is 25.2.